The zero-order chi connectivity index (χ0) is 25.9. The summed E-state index contributed by atoms with van der Waals surface area (Å²) in [5.41, 5.74) is 4.89. The van der Waals surface area contributed by atoms with E-state index in [1.165, 1.54) is 17.7 Å². The molecular formula is C31H38FNO3. The van der Waals surface area contributed by atoms with Crippen LogP contribution >= 0.6 is 0 Å². The summed E-state index contributed by atoms with van der Waals surface area (Å²) in [6.45, 7) is 14.4. The van der Waals surface area contributed by atoms with Crippen molar-refractivity contribution in [1.82, 2.24) is 0 Å². The first kappa shape index (κ1) is 26.2. The molecule has 0 saturated carbocycles. The Balaban J connectivity index is 1.52. The molecule has 0 aromatic heterocycles. The van der Waals surface area contributed by atoms with Gasteiger partial charge in [-0.15, -0.1) is 0 Å². The Labute approximate surface area is 214 Å². The Bertz CT molecular complexity index is 1150. The first-order valence-electron chi connectivity index (χ1n) is 12.7. The number of fused-ring (bicyclic) bond motifs is 1. The molecule has 1 N–H and O–H groups in total. The van der Waals surface area contributed by atoms with Gasteiger partial charge in [-0.05, 0) is 73.2 Å². The van der Waals surface area contributed by atoms with Crippen LogP contribution in [0, 0.1) is 5.82 Å². The van der Waals surface area contributed by atoms with Crippen LogP contribution in [0.25, 0.3) is 0 Å². The highest BCUT2D eigenvalue weighted by atomic mass is 19.1. The van der Waals surface area contributed by atoms with E-state index in [0.29, 0.717) is 19.8 Å². The van der Waals surface area contributed by atoms with E-state index in [0.717, 1.165) is 28.1 Å². The van der Waals surface area contributed by atoms with Crippen molar-refractivity contribution < 1.29 is 18.6 Å². The van der Waals surface area contributed by atoms with Crippen molar-refractivity contribution in [2.75, 3.05) is 11.9 Å². The maximum atomic E-state index is 13.2. The Hall–Kier alpha value is -2.89. The van der Waals surface area contributed by atoms with Crippen LogP contribution < -0.4 is 10.1 Å². The van der Waals surface area contributed by atoms with Crippen molar-refractivity contribution in [2.45, 2.75) is 77.9 Å². The molecule has 0 aliphatic carbocycles. The summed E-state index contributed by atoms with van der Waals surface area (Å²) in [4.78, 5) is 0. The molecule has 2 unspecified atom stereocenters. The highest BCUT2D eigenvalue weighted by Gasteiger charge is 2.45. The molecule has 0 spiro atoms. The summed E-state index contributed by atoms with van der Waals surface area (Å²) in [5.74, 6) is 0.572. The predicted molar refractivity (Wildman–Crippen MR) is 143 cm³/mol. The lowest BCUT2D eigenvalue weighted by atomic mass is 9.86. The van der Waals surface area contributed by atoms with Crippen molar-refractivity contribution in [3.05, 3.63) is 94.8 Å². The van der Waals surface area contributed by atoms with Gasteiger partial charge in [-0.1, -0.05) is 57.2 Å². The van der Waals surface area contributed by atoms with E-state index in [4.69, 9.17) is 14.2 Å². The molecule has 3 aromatic carbocycles. The third-order valence-corrected chi connectivity index (χ3v) is 6.66. The topological polar surface area (TPSA) is 39.7 Å². The van der Waals surface area contributed by atoms with Gasteiger partial charge in [-0.25, -0.2) is 4.39 Å². The van der Waals surface area contributed by atoms with Crippen LogP contribution in [0.15, 0.2) is 66.7 Å². The normalized spacial score (nSPS) is 18.9. The van der Waals surface area contributed by atoms with Gasteiger partial charge in [0.2, 0.25) is 0 Å². The SMILES string of the molecule is CCOC1c2cc(NCc3ccc(F)cc3)ccc2OC(C)(C)C1OCc1ccc(C(C)(C)C)cc1. The number of anilines is 1. The highest BCUT2D eigenvalue weighted by Crippen LogP contribution is 2.44. The molecule has 1 heterocycles. The summed E-state index contributed by atoms with van der Waals surface area (Å²) in [6, 6.07) is 21.2. The Kier molecular flexibility index (Phi) is 7.72. The van der Waals surface area contributed by atoms with Gasteiger partial charge in [0, 0.05) is 24.4 Å². The van der Waals surface area contributed by atoms with Crippen molar-refractivity contribution in [2.24, 2.45) is 0 Å². The van der Waals surface area contributed by atoms with Crippen LogP contribution in [-0.4, -0.2) is 18.3 Å². The largest absolute Gasteiger partial charge is 0.485 e. The number of hydrogen-bond acceptors (Lipinski definition) is 4. The maximum absolute atomic E-state index is 13.2. The summed E-state index contributed by atoms with van der Waals surface area (Å²) >= 11 is 0. The minimum atomic E-state index is -0.568. The van der Waals surface area contributed by atoms with Crippen LogP contribution in [0.4, 0.5) is 10.1 Å². The van der Waals surface area contributed by atoms with Gasteiger partial charge in [0.25, 0.3) is 0 Å². The molecular weight excluding hydrogens is 453 g/mol. The van der Waals surface area contributed by atoms with Crippen molar-refractivity contribution in [1.29, 1.82) is 0 Å². The van der Waals surface area contributed by atoms with Gasteiger partial charge < -0.3 is 19.5 Å². The second-order valence-corrected chi connectivity index (χ2v) is 11.0. The highest BCUT2D eigenvalue weighted by molar-refractivity contribution is 5.54. The van der Waals surface area contributed by atoms with Crippen molar-refractivity contribution >= 4 is 5.69 Å². The third kappa shape index (κ3) is 6.08. The van der Waals surface area contributed by atoms with Crippen LogP contribution in [-0.2, 0) is 28.0 Å². The van der Waals surface area contributed by atoms with Crippen molar-refractivity contribution in [3.63, 3.8) is 0 Å². The Morgan fingerprint density at radius 1 is 0.917 bits per heavy atom. The summed E-state index contributed by atoms with van der Waals surface area (Å²) < 4.78 is 32.4. The lowest BCUT2D eigenvalue weighted by Gasteiger charge is -2.44. The summed E-state index contributed by atoms with van der Waals surface area (Å²) in [7, 11) is 0. The molecule has 1 aliphatic heterocycles. The predicted octanol–water partition coefficient (Wildman–Crippen LogP) is 7.57. The number of halogens is 1. The Morgan fingerprint density at radius 3 is 2.22 bits per heavy atom. The standard InChI is InChI=1S/C31H38FNO3/c1-7-34-28-26-18-25(33-19-21-10-14-24(32)15-11-21)16-17-27(26)36-31(5,6)29(28)35-20-22-8-12-23(13-9-22)30(2,3)4/h8-18,28-29,33H,7,19-20H2,1-6H3. The second kappa shape index (κ2) is 10.6. The zero-order valence-corrected chi connectivity index (χ0v) is 22.2. The number of hydrogen-bond donors (Lipinski definition) is 1. The molecule has 0 fully saturated rings. The summed E-state index contributed by atoms with van der Waals surface area (Å²) in [6.07, 6.45) is -0.560. The van der Waals surface area contributed by atoms with Crippen LogP contribution in [0.5, 0.6) is 5.75 Å². The third-order valence-electron chi connectivity index (χ3n) is 6.66. The van der Waals surface area contributed by atoms with E-state index in [1.54, 1.807) is 12.1 Å². The number of rotatable bonds is 8. The molecule has 0 radical (unpaired) electrons. The number of ether oxygens (including phenoxy) is 3. The van der Waals surface area contributed by atoms with Crippen LogP contribution in [0.2, 0.25) is 0 Å². The van der Waals surface area contributed by atoms with Gasteiger partial charge in [0.1, 0.15) is 29.4 Å². The van der Waals surface area contributed by atoms with E-state index in [1.807, 2.05) is 19.1 Å². The van der Waals surface area contributed by atoms with E-state index >= 15 is 0 Å². The number of benzene rings is 3. The van der Waals surface area contributed by atoms with E-state index < -0.39 is 5.60 Å². The molecule has 4 nitrogen and oxygen atoms in total. The molecule has 192 valence electrons. The molecule has 0 amide bonds. The van der Waals surface area contributed by atoms with E-state index in [2.05, 4.69) is 70.3 Å². The molecule has 36 heavy (non-hydrogen) atoms. The molecule has 0 saturated heterocycles. The quantitative estimate of drug-likeness (QED) is 0.353. The second-order valence-electron chi connectivity index (χ2n) is 11.0. The average Bonchev–Trinajstić information content (AvgIpc) is 2.83. The monoisotopic (exact) mass is 491 g/mol. The molecule has 1 aliphatic rings. The molecule has 3 aromatic rings. The van der Waals surface area contributed by atoms with Crippen LogP contribution in [0.3, 0.4) is 0 Å². The lowest BCUT2D eigenvalue weighted by molar-refractivity contribution is -0.165. The maximum Gasteiger partial charge on any atom is 0.132 e. The fourth-order valence-corrected chi connectivity index (χ4v) is 4.58. The van der Waals surface area contributed by atoms with Gasteiger partial charge >= 0.3 is 0 Å². The summed E-state index contributed by atoms with van der Waals surface area (Å²) in [5, 5.41) is 3.43. The van der Waals surface area contributed by atoms with E-state index in [9.17, 15) is 4.39 Å². The molecule has 0 bridgehead atoms. The minimum Gasteiger partial charge on any atom is -0.485 e. The van der Waals surface area contributed by atoms with Gasteiger partial charge in [-0.3, -0.25) is 0 Å². The fourth-order valence-electron chi connectivity index (χ4n) is 4.58. The van der Waals surface area contributed by atoms with Gasteiger partial charge in [0.15, 0.2) is 0 Å². The zero-order valence-electron chi connectivity index (χ0n) is 22.2. The van der Waals surface area contributed by atoms with Gasteiger partial charge in [-0.2, -0.15) is 0 Å². The molecule has 5 heteroatoms. The van der Waals surface area contributed by atoms with Crippen molar-refractivity contribution in [3.8, 4) is 5.75 Å². The number of nitrogens with one attached hydrogen (secondary N) is 1. The first-order valence-corrected chi connectivity index (χ1v) is 12.7. The first-order chi connectivity index (χ1) is 17.1. The Morgan fingerprint density at radius 2 is 1.58 bits per heavy atom. The fraction of sp³-hybridized carbons (Fsp3) is 0.419. The van der Waals surface area contributed by atoms with Crippen LogP contribution in [0.1, 0.15) is 69.9 Å². The average molecular weight is 492 g/mol. The molecule has 2 atom stereocenters. The minimum absolute atomic E-state index is 0.116. The van der Waals surface area contributed by atoms with E-state index in [-0.39, 0.29) is 23.4 Å². The lowest BCUT2D eigenvalue weighted by Crippen LogP contribution is -2.51. The van der Waals surface area contributed by atoms with Gasteiger partial charge in [0.05, 0.1) is 6.61 Å². The smallest absolute Gasteiger partial charge is 0.132 e. The molecule has 4 rings (SSSR count).